The molecule has 0 saturated heterocycles. The average Bonchev–Trinajstić information content (AvgIpc) is 2.73. The number of nitrogens with zero attached hydrogens (tertiary/aromatic N) is 2. The summed E-state index contributed by atoms with van der Waals surface area (Å²) in [7, 11) is 0. The Hall–Kier alpha value is -3.54. The van der Waals surface area contributed by atoms with Crippen molar-refractivity contribution >= 4 is 27.8 Å². The number of nitrogens with one attached hydrogen (secondary N) is 1. The minimum absolute atomic E-state index is 0.258. The van der Waals surface area contributed by atoms with Crippen molar-refractivity contribution in [3.05, 3.63) is 81.5 Å². The average molecular weight is 387 g/mol. The first-order valence-corrected chi connectivity index (χ1v) is 9.57. The topological polar surface area (TPSA) is 84.9 Å². The number of para-hydroxylation sites is 2. The molecular formula is C23H21N3O3. The molecule has 0 amide bonds. The zero-order valence-electron chi connectivity index (χ0n) is 16.5. The SMILES string of the molecule is CCc1nc2ccccc2c(C)c1C(=O)O[C@@H](C)c1nc2ccccc2c(=O)[nH]1. The van der Waals surface area contributed by atoms with E-state index in [1.807, 2.05) is 44.2 Å². The van der Waals surface area contributed by atoms with Gasteiger partial charge < -0.3 is 9.72 Å². The highest BCUT2D eigenvalue weighted by atomic mass is 16.5. The number of fused-ring (bicyclic) bond motifs is 2. The van der Waals surface area contributed by atoms with Gasteiger partial charge in [0.15, 0.2) is 11.9 Å². The zero-order chi connectivity index (χ0) is 20.5. The molecule has 0 bridgehead atoms. The zero-order valence-corrected chi connectivity index (χ0v) is 16.5. The van der Waals surface area contributed by atoms with Gasteiger partial charge in [-0.2, -0.15) is 0 Å². The number of hydrogen-bond acceptors (Lipinski definition) is 5. The van der Waals surface area contributed by atoms with Crippen LogP contribution in [0.3, 0.4) is 0 Å². The number of carbonyl (C=O) groups excluding carboxylic acids is 1. The number of rotatable bonds is 4. The Morgan fingerprint density at radius 2 is 1.66 bits per heavy atom. The third kappa shape index (κ3) is 3.38. The van der Waals surface area contributed by atoms with Crippen LogP contribution in [0.1, 0.15) is 47.4 Å². The number of ether oxygens (including phenoxy) is 1. The quantitative estimate of drug-likeness (QED) is 0.529. The van der Waals surface area contributed by atoms with Crippen molar-refractivity contribution in [3.63, 3.8) is 0 Å². The summed E-state index contributed by atoms with van der Waals surface area (Å²) in [6.07, 6.45) is -0.106. The van der Waals surface area contributed by atoms with Gasteiger partial charge in [0.05, 0.1) is 27.7 Å². The van der Waals surface area contributed by atoms with Gasteiger partial charge in [-0.25, -0.2) is 9.78 Å². The number of aryl methyl sites for hydroxylation is 2. The normalized spacial score (nSPS) is 12.2. The third-order valence-corrected chi connectivity index (χ3v) is 5.07. The molecular weight excluding hydrogens is 366 g/mol. The lowest BCUT2D eigenvalue weighted by atomic mass is 10.0. The number of aromatic amines is 1. The Bertz CT molecular complexity index is 1290. The molecule has 2 aromatic heterocycles. The number of benzene rings is 2. The fourth-order valence-corrected chi connectivity index (χ4v) is 3.54. The summed E-state index contributed by atoms with van der Waals surface area (Å²) in [5.41, 5.74) is 3.16. The first-order valence-electron chi connectivity index (χ1n) is 9.57. The first-order chi connectivity index (χ1) is 14.0. The highest BCUT2D eigenvalue weighted by Crippen LogP contribution is 2.26. The molecule has 6 nitrogen and oxygen atoms in total. The van der Waals surface area contributed by atoms with Crippen LogP contribution < -0.4 is 5.56 Å². The van der Waals surface area contributed by atoms with Crippen LogP contribution in [0.5, 0.6) is 0 Å². The van der Waals surface area contributed by atoms with Crippen molar-refractivity contribution in [2.24, 2.45) is 0 Å². The lowest BCUT2D eigenvalue weighted by Crippen LogP contribution is -2.19. The molecule has 2 aromatic carbocycles. The maximum atomic E-state index is 13.0. The number of H-pyrrole nitrogens is 1. The molecule has 1 N–H and O–H groups in total. The Labute approximate surface area is 167 Å². The van der Waals surface area contributed by atoms with Crippen molar-refractivity contribution in [2.75, 3.05) is 0 Å². The summed E-state index contributed by atoms with van der Waals surface area (Å²) in [6, 6.07) is 14.8. The van der Waals surface area contributed by atoms with E-state index in [-0.39, 0.29) is 5.56 Å². The summed E-state index contributed by atoms with van der Waals surface area (Å²) in [5, 5.41) is 1.42. The van der Waals surface area contributed by atoms with Gasteiger partial charge in [-0.1, -0.05) is 37.3 Å². The lowest BCUT2D eigenvalue weighted by molar-refractivity contribution is 0.0317. The minimum atomic E-state index is -0.713. The van der Waals surface area contributed by atoms with E-state index in [2.05, 4.69) is 15.0 Å². The van der Waals surface area contributed by atoms with Crippen molar-refractivity contribution < 1.29 is 9.53 Å². The molecule has 0 radical (unpaired) electrons. The van der Waals surface area contributed by atoms with Crippen LogP contribution in [-0.4, -0.2) is 20.9 Å². The molecule has 0 aliphatic heterocycles. The predicted molar refractivity (Wildman–Crippen MR) is 112 cm³/mol. The van der Waals surface area contributed by atoms with Crippen LogP contribution in [0.15, 0.2) is 53.3 Å². The van der Waals surface area contributed by atoms with Crippen molar-refractivity contribution in [3.8, 4) is 0 Å². The summed E-state index contributed by atoms with van der Waals surface area (Å²) in [4.78, 5) is 37.2. The molecule has 0 unspecified atom stereocenters. The van der Waals surface area contributed by atoms with Gasteiger partial charge >= 0.3 is 5.97 Å². The highest BCUT2D eigenvalue weighted by Gasteiger charge is 2.22. The monoisotopic (exact) mass is 387 g/mol. The smallest absolute Gasteiger partial charge is 0.341 e. The fourth-order valence-electron chi connectivity index (χ4n) is 3.54. The van der Waals surface area contributed by atoms with E-state index in [1.54, 1.807) is 25.1 Å². The van der Waals surface area contributed by atoms with Gasteiger partial charge in [0, 0.05) is 5.39 Å². The predicted octanol–water partition coefficient (Wildman–Crippen LogP) is 4.26. The molecule has 29 heavy (non-hydrogen) atoms. The largest absolute Gasteiger partial charge is 0.451 e. The second kappa shape index (κ2) is 7.47. The van der Waals surface area contributed by atoms with E-state index in [9.17, 15) is 9.59 Å². The van der Waals surface area contributed by atoms with Gasteiger partial charge in [0.1, 0.15) is 0 Å². The van der Waals surface area contributed by atoms with E-state index in [0.29, 0.717) is 34.4 Å². The van der Waals surface area contributed by atoms with Crippen molar-refractivity contribution in [1.82, 2.24) is 15.0 Å². The number of pyridine rings is 1. The van der Waals surface area contributed by atoms with Crippen LogP contribution >= 0.6 is 0 Å². The maximum absolute atomic E-state index is 13.0. The van der Waals surface area contributed by atoms with Gasteiger partial charge in [-0.15, -0.1) is 0 Å². The van der Waals surface area contributed by atoms with E-state index in [0.717, 1.165) is 16.5 Å². The summed E-state index contributed by atoms with van der Waals surface area (Å²) >= 11 is 0. The number of aromatic nitrogens is 3. The van der Waals surface area contributed by atoms with Gasteiger partial charge in [0.25, 0.3) is 5.56 Å². The van der Waals surface area contributed by atoms with Crippen LogP contribution in [0, 0.1) is 6.92 Å². The Balaban J connectivity index is 1.71. The molecule has 4 rings (SSSR count). The number of hydrogen-bond donors (Lipinski definition) is 1. The van der Waals surface area contributed by atoms with Crippen molar-refractivity contribution in [2.45, 2.75) is 33.3 Å². The summed E-state index contributed by atoms with van der Waals surface area (Å²) < 4.78 is 5.69. The van der Waals surface area contributed by atoms with Crippen LogP contribution in [0.2, 0.25) is 0 Å². The summed E-state index contributed by atoms with van der Waals surface area (Å²) in [6.45, 7) is 5.56. The van der Waals surface area contributed by atoms with Gasteiger partial charge in [-0.05, 0) is 44.0 Å². The molecule has 6 heteroatoms. The minimum Gasteiger partial charge on any atom is -0.451 e. The summed E-state index contributed by atoms with van der Waals surface area (Å²) in [5.74, 6) is -0.160. The molecule has 0 fully saturated rings. The molecule has 0 aliphatic rings. The van der Waals surface area contributed by atoms with E-state index >= 15 is 0 Å². The van der Waals surface area contributed by atoms with Gasteiger partial charge in [0.2, 0.25) is 0 Å². The van der Waals surface area contributed by atoms with E-state index < -0.39 is 12.1 Å². The van der Waals surface area contributed by atoms with Crippen molar-refractivity contribution in [1.29, 1.82) is 0 Å². The Morgan fingerprint density at radius 3 is 2.34 bits per heavy atom. The van der Waals surface area contributed by atoms with Crippen LogP contribution in [0.25, 0.3) is 21.8 Å². The van der Waals surface area contributed by atoms with Crippen LogP contribution in [0.4, 0.5) is 0 Å². The second-order valence-electron chi connectivity index (χ2n) is 6.95. The third-order valence-electron chi connectivity index (χ3n) is 5.07. The molecule has 0 saturated carbocycles. The molecule has 146 valence electrons. The second-order valence-corrected chi connectivity index (χ2v) is 6.95. The highest BCUT2D eigenvalue weighted by molar-refractivity contribution is 5.98. The lowest BCUT2D eigenvalue weighted by Gasteiger charge is -2.17. The number of esters is 1. The standard InChI is InChI=1S/C23H21N3O3/c1-4-17-20(13(2)15-9-5-7-11-18(15)24-17)23(28)29-14(3)21-25-19-12-8-6-10-16(19)22(27)26-21/h5-12,14H,4H2,1-3H3,(H,25,26,27)/t14-/m0/s1. The van der Waals surface area contributed by atoms with Crippen LogP contribution in [-0.2, 0) is 11.2 Å². The maximum Gasteiger partial charge on any atom is 0.341 e. The van der Waals surface area contributed by atoms with E-state index in [4.69, 9.17) is 4.74 Å². The molecule has 1 atom stereocenters. The Kier molecular flexibility index (Phi) is 4.84. The fraction of sp³-hybridized carbons (Fsp3) is 0.217. The molecule has 0 spiro atoms. The van der Waals surface area contributed by atoms with Gasteiger partial charge in [-0.3, -0.25) is 9.78 Å². The van der Waals surface area contributed by atoms with E-state index in [1.165, 1.54) is 0 Å². The Morgan fingerprint density at radius 1 is 1.03 bits per heavy atom. The number of carbonyl (C=O) groups is 1. The molecule has 4 aromatic rings. The molecule has 2 heterocycles. The first kappa shape index (κ1) is 18.8. The molecule has 0 aliphatic carbocycles.